The van der Waals surface area contributed by atoms with Crippen LogP contribution in [-0.4, -0.2) is 0 Å². The number of benzene rings is 1. The van der Waals surface area contributed by atoms with Gasteiger partial charge in [0.25, 0.3) is 0 Å². The molecule has 0 heterocycles. The molecule has 0 radical (unpaired) electrons. The minimum atomic E-state index is 0.857. The summed E-state index contributed by atoms with van der Waals surface area (Å²) in [6.45, 7) is 2.18. The fraction of sp³-hybridized carbons (Fsp3) is 0.333. The van der Waals surface area contributed by atoms with Gasteiger partial charge in [-0.05, 0) is 43.2 Å². The molecule has 14 heavy (non-hydrogen) atoms. The van der Waals surface area contributed by atoms with Gasteiger partial charge in [-0.3, -0.25) is 0 Å². The van der Waals surface area contributed by atoms with Crippen LogP contribution in [0.25, 0.3) is 0 Å². The topological polar surface area (TPSA) is 9.23 Å². The van der Waals surface area contributed by atoms with E-state index in [1.54, 1.807) is 6.26 Å². The lowest BCUT2D eigenvalue weighted by atomic mass is 10.2. The van der Waals surface area contributed by atoms with E-state index in [0.29, 0.717) is 0 Å². The third-order valence-corrected chi connectivity index (χ3v) is 2.16. The first-order valence-corrected chi connectivity index (χ1v) is 5.38. The highest BCUT2D eigenvalue weighted by molar-refractivity contribution is 7.80. The summed E-state index contributed by atoms with van der Waals surface area (Å²) >= 11 is 4.20. The van der Waals surface area contributed by atoms with Crippen molar-refractivity contribution in [3.05, 3.63) is 36.6 Å². The number of unbranched alkanes of at least 4 members (excludes halogenated alkanes) is 2. The maximum atomic E-state index is 5.39. The Labute approximate surface area is 91.2 Å². The van der Waals surface area contributed by atoms with Gasteiger partial charge in [-0.1, -0.05) is 13.3 Å². The first-order chi connectivity index (χ1) is 6.83. The molecule has 0 aromatic heterocycles. The zero-order valence-electron chi connectivity index (χ0n) is 8.44. The molecule has 0 bridgehead atoms. The van der Waals surface area contributed by atoms with Crippen LogP contribution < -0.4 is 4.74 Å². The molecule has 0 aliphatic rings. The fourth-order valence-electron chi connectivity index (χ4n) is 1.04. The van der Waals surface area contributed by atoms with Crippen LogP contribution >= 0.6 is 12.6 Å². The Morgan fingerprint density at radius 3 is 2.64 bits per heavy atom. The summed E-state index contributed by atoms with van der Waals surface area (Å²) in [7, 11) is 0. The van der Waals surface area contributed by atoms with Crippen molar-refractivity contribution in [1.82, 2.24) is 0 Å². The molecule has 0 amide bonds. The molecule has 1 rings (SSSR count). The Morgan fingerprint density at radius 1 is 1.29 bits per heavy atom. The molecule has 0 atom stereocenters. The predicted octanol–water partition coefficient (Wildman–Crippen LogP) is 4.06. The lowest BCUT2D eigenvalue weighted by Crippen LogP contribution is -1.81. The fourth-order valence-corrected chi connectivity index (χ4v) is 1.19. The van der Waals surface area contributed by atoms with Gasteiger partial charge in [-0.2, -0.15) is 0 Å². The molecular weight excluding hydrogens is 192 g/mol. The largest absolute Gasteiger partial charge is 0.465 e. The Morgan fingerprint density at radius 2 is 2.00 bits per heavy atom. The number of hydrogen-bond donors (Lipinski definition) is 1. The average Bonchev–Trinajstić information content (AvgIpc) is 2.21. The first-order valence-electron chi connectivity index (χ1n) is 4.93. The minimum Gasteiger partial charge on any atom is -0.465 e. The summed E-state index contributed by atoms with van der Waals surface area (Å²) in [6.07, 6.45) is 7.33. The van der Waals surface area contributed by atoms with E-state index in [1.165, 1.54) is 12.8 Å². The highest BCUT2D eigenvalue weighted by Crippen LogP contribution is 2.14. The Bertz CT molecular complexity index is 277. The number of allylic oxidation sites excluding steroid dienone is 1. The molecule has 0 saturated carbocycles. The Balaban J connectivity index is 2.30. The summed E-state index contributed by atoms with van der Waals surface area (Å²) in [5.41, 5.74) is 0. The summed E-state index contributed by atoms with van der Waals surface area (Å²) in [5, 5.41) is 0. The van der Waals surface area contributed by atoms with Crippen molar-refractivity contribution in [2.75, 3.05) is 0 Å². The van der Waals surface area contributed by atoms with Gasteiger partial charge < -0.3 is 4.74 Å². The molecule has 1 nitrogen and oxygen atoms in total. The van der Waals surface area contributed by atoms with Gasteiger partial charge in [-0.25, -0.2) is 0 Å². The highest BCUT2D eigenvalue weighted by atomic mass is 32.1. The van der Waals surface area contributed by atoms with E-state index in [0.717, 1.165) is 17.1 Å². The first kappa shape index (κ1) is 11.2. The van der Waals surface area contributed by atoms with E-state index in [2.05, 4.69) is 25.6 Å². The van der Waals surface area contributed by atoms with Crippen molar-refractivity contribution in [3.8, 4) is 5.75 Å². The van der Waals surface area contributed by atoms with Crippen LogP contribution in [0.3, 0.4) is 0 Å². The lowest BCUT2D eigenvalue weighted by molar-refractivity contribution is 0.477. The van der Waals surface area contributed by atoms with E-state index < -0.39 is 0 Å². The number of thiol groups is 1. The van der Waals surface area contributed by atoms with Crippen LogP contribution in [-0.2, 0) is 0 Å². The number of ether oxygens (including phenoxy) is 1. The monoisotopic (exact) mass is 208 g/mol. The summed E-state index contributed by atoms with van der Waals surface area (Å²) in [6, 6.07) is 7.65. The molecule has 0 saturated heterocycles. The molecule has 0 N–H and O–H groups in total. The molecule has 1 aromatic rings. The lowest BCUT2D eigenvalue weighted by Gasteiger charge is -1.99. The van der Waals surface area contributed by atoms with Crippen molar-refractivity contribution in [2.24, 2.45) is 0 Å². The molecule has 2 heteroatoms. The van der Waals surface area contributed by atoms with E-state index in [-0.39, 0.29) is 0 Å². The molecule has 0 aliphatic heterocycles. The molecular formula is C12H16OS. The summed E-state index contributed by atoms with van der Waals surface area (Å²) < 4.78 is 5.39. The molecule has 0 fully saturated rings. The average molecular weight is 208 g/mol. The van der Waals surface area contributed by atoms with E-state index in [1.807, 2.05) is 24.3 Å². The molecule has 76 valence electrons. The van der Waals surface area contributed by atoms with Crippen LogP contribution in [0.5, 0.6) is 5.75 Å². The van der Waals surface area contributed by atoms with Crippen molar-refractivity contribution in [3.63, 3.8) is 0 Å². The Kier molecular flexibility index (Phi) is 5.23. The molecule has 1 aromatic carbocycles. The minimum absolute atomic E-state index is 0.857. The van der Waals surface area contributed by atoms with Gasteiger partial charge in [-0.15, -0.1) is 12.6 Å². The third kappa shape index (κ3) is 4.38. The van der Waals surface area contributed by atoms with Crippen molar-refractivity contribution in [1.29, 1.82) is 0 Å². The van der Waals surface area contributed by atoms with E-state index in [4.69, 9.17) is 4.74 Å². The normalized spacial score (nSPS) is 10.7. The third-order valence-electron chi connectivity index (χ3n) is 1.86. The van der Waals surface area contributed by atoms with Crippen molar-refractivity contribution < 1.29 is 4.74 Å². The number of rotatable bonds is 5. The van der Waals surface area contributed by atoms with Crippen LogP contribution in [0.4, 0.5) is 0 Å². The van der Waals surface area contributed by atoms with Crippen LogP contribution in [0.2, 0.25) is 0 Å². The predicted molar refractivity (Wildman–Crippen MR) is 63.0 cm³/mol. The van der Waals surface area contributed by atoms with E-state index in [9.17, 15) is 0 Å². The summed E-state index contributed by atoms with van der Waals surface area (Å²) in [5.74, 6) is 0.857. The van der Waals surface area contributed by atoms with E-state index >= 15 is 0 Å². The van der Waals surface area contributed by atoms with Gasteiger partial charge in [0, 0.05) is 4.90 Å². The maximum absolute atomic E-state index is 5.39. The smallest absolute Gasteiger partial charge is 0.126 e. The van der Waals surface area contributed by atoms with Crippen molar-refractivity contribution >= 4 is 12.6 Å². The standard InChI is InChI=1S/C12H16OS/c1-2-3-4-5-10-13-11-6-8-12(14)9-7-11/h5-10,14H,2-4H2,1H3/b10-5+. The zero-order chi connectivity index (χ0) is 10.2. The number of hydrogen-bond acceptors (Lipinski definition) is 2. The van der Waals surface area contributed by atoms with Crippen molar-refractivity contribution in [2.45, 2.75) is 31.1 Å². The quantitative estimate of drug-likeness (QED) is 0.436. The van der Waals surface area contributed by atoms with Gasteiger partial charge in [0.1, 0.15) is 5.75 Å². The Hall–Kier alpha value is -0.890. The van der Waals surface area contributed by atoms with Gasteiger partial charge in [0.05, 0.1) is 6.26 Å². The zero-order valence-corrected chi connectivity index (χ0v) is 9.34. The van der Waals surface area contributed by atoms with Crippen LogP contribution in [0.1, 0.15) is 26.2 Å². The highest BCUT2D eigenvalue weighted by Gasteiger charge is 1.89. The van der Waals surface area contributed by atoms with Gasteiger partial charge in [0.15, 0.2) is 0 Å². The van der Waals surface area contributed by atoms with Crippen LogP contribution in [0.15, 0.2) is 41.5 Å². The van der Waals surface area contributed by atoms with Gasteiger partial charge in [0.2, 0.25) is 0 Å². The molecule has 0 unspecified atom stereocenters. The SMILES string of the molecule is CCCC/C=C/Oc1ccc(S)cc1. The second kappa shape index (κ2) is 6.55. The van der Waals surface area contributed by atoms with Gasteiger partial charge >= 0.3 is 0 Å². The second-order valence-electron chi connectivity index (χ2n) is 3.13. The second-order valence-corrected chi connectivity index (χ2v) is 3.64. The molecule has 0 spiro atoms. The molecule has 0 aliphatic carbocycles. The van der Waals surface area contributed by atoms with Crippen LogP contribution in [0, 0.1) is 0 Å². The summed E-state index contributed by atoms with van der Waals surface area (Å²) in [4.78, 5) is 0.951. The maximum Gasteiger partial charge on any atom is 0.126 e.